The summed E-state index contributed by atoms with van der Waals surface area (Å²) in [4.78, 5) is 0. The minimum absolute atomic E-state index is 0.204. The molecule has 2 aromatic carbocycles. The Morgan fingerprint density at radius 3 is 2.24 bits per heavy atom. The molecule has 0 aromatic heterocycles. The van der Waals surface area contributed by atoms with Crippen LogP contribution in [0.4, 0.5) is 4.39 Å². The number of nitrogens with one attached hydrogen (secondary N) is 1. The van der Waals surface area contributed by atoms with Crippen LogP contribution < -0.4 is 5.32 Å². The molecule has 2 unspecified atom stereocenters. The molecule has 0 saturated carbocycles. The molecule has 0 aliphatic carbocycles. The Morgan fingerprint density at radius 1 is 0.905 bits per heavy atom. The zero-order chi connectivity index (χ0) is 14.8. The highest BCUT2D eigenvalue weighted by Gasteiger charge is 2.28. The lowest BCUT2D eigenvalue weighted by Gasteiger charge is -2.33. The SMILES string of the molecule is Fc1ccc(C2CNCCC2c2cc(Cl)cc(Cl)c2)cc1. The van der Waals surface area contributed by atoms with Gasteiger partial charge >= 0.3 is 0 Å². The third-order valence-electron chi connectivity index (χ3n) is 4.09. The van der Waals surface area contributed by atoms with Crippen LogP contribution in [0, 0.1) is 5.82 Å². The number of hydrogen-bond acceptors (Lipinski definition) is 1. The number of piperidine rings is 1. The first-order valence-corrected chi connectivity index (χ1v) is 7.81. The molecule has 21 heavy (non-hydrogen) atoms. The van der Waals surface area contributed by atoms with Crippen molar-refractivity contribution >= 4 is 23.2 Å². The summed E-state index contributed by atoms with van der Waals surface area (Å²) in [6.07, 6.45) is 1.01. The maximum atomic E-state index is 13.1. The second-order valence-corrected chi connectivity index (χ2v) is 6.33. The highest BCUT2D eigenvalue weighted by atomic mass is 35.5. The lowest BCUT2D eigenvalue weighted by atomic mass is 9.77. The predicted octanol–water partition coefficient (Wildman–Crippen LogP) is 4.99. The molecule has 1 heterocycles. The molecule has 0 amide bonds. The molecule has 110 valence electrons. The molecule has 3 rings (SSSR count). The summed E-state index contributed by atoms with van der Waals surface area (Å²) in [7, 11) is 0. The molecule has 1 aliphatic heterocycles. The lowest BCUT2D eigenvalue weighted by Crippen LogP contribution is -2.34. The van der Waals surface area contributed by atoms with Crippen LogP contribution in [0.15, 0.2) is 42.5 Å². The van der Waals surface area contributed by atoms with Crippen molar-refractivity contribution in [2.75, 3.05) is 13.1 Å². The van der Waals surface area contributed by atoms with Gasteiger partial charge in [-0.05, 0) is 60.3 Å². The Bertz CT molecular complexity index is 607. The maximum Gasteiger partial charge on any atom is 0.123 e. The van der Waals surface area contributed by atoms with Crippen molar-refractivity contribution in [3.63, 3.8) is 0 Å². The molecule has 1 nitrogen and oxygen atoms in total. The topological polar surface area (TPSA) is 12.0 Å². The third-order valence-corrected chi connectivity index (χ3v) is 4.53. The van der Waals surface area contributed by atoms with Crippen molar-refractivity contribution in [1.82, 2.24) is 5.32 Å². The summed E-state index contributed by atoms with van der Waals surface area (Å²) in [5.74, 6) is 0.437. The van der Waals surface area contributed by atoms with Crippen LogP contribution in [0.3, 0.4) is 0 Å². The predicted molar refractivity (Wildman–Crippen MR) is 85.8 cm³/mol. The van der Waals surface area contributed by atoms with E-state index in [4.69, 9.17) is 23.2 Å². The number of hydrogen-bond donors (Lipinski definition) is 1. The summed E-state index contributed by atoms with van der Waals surface area (Å²) in [6.45, 7) is 1.84. The Labute approximate surface area is 134 Å². The van der Waals surface area contributed by atoms with E-state index in [-0.39, 0.29) is 5.82 Å². The van der Waals surface area contributed by atoms with Crippen molar-refractivity contribution in [2.45, 2.75) is 18.3 Å². The van der Waals surface area contributed by atoms with Crippen molar-refractivity contribution in [3.05, 3.63) is 69.5 Å². The molecule has 1 aliphatic rings. The van der Waals surface area contributed by atoms with Gasteiger partial charge in [-0.2, -0.15) is 0 Å². The van der Waals surface area contributed by atoms with Gasteiger partial charge < -0.3 is 5.32 Å². The van der Waals surface area contributed by atoms with Crippen LogP contribution in [0.5, 0.6) is 0 Å². The average molecular weight is 324 g/mol. The first-order valence-electron chi connectivity index (χ1n) is 7.05. The minimum Gasteiger partial charge on any atom is -0.316 e. The zero-order valence-electron chi connectivity index (χ0n) is 11.5. The second-order valence-electron chi connectivity index (χ2n) is 5.46. The molecular weight excluding hydrogens is 308 g/mol. The van der Waals surface area contributed by atoms with E-state index in [9.17, 15) is 4.39 Å². The summed E-state index contributed by atoms with van der Waals surface area (Å²) in [5, 5.41) is 4.74. The van der Waals surface area contributed by atoms with Gasteiger partial charge in [0.2, 0.25) is 0 Å². The normalized spacial score (nSPS) is 22.2. The standard InChI is InChI=1S/C17H16Cl2FN/c18-13-7-12(8-14(19)9-13)16-5-6-21-10-17(16)11-1-3-15(20)4-2-11/h1-4,7-9,16-17,21H,5-6,10H2. The number of benzene rings is 2. The van der Waals surface area contributed by atoms with Crippen LogP contribution in [-0.2, 0) is 0 Å². The molecule has 0 spiro atoms. The molecule has 1 N–H and O–H groups in total. The van der Waals surface area contributed by atoms with Gasteiger partial charge in [-0.25, -0.2) is 4.39 Å². The molecule has 2 aromatic rings. The summed E-state index contributed by atoms with van der Waals surface area (Å²) >= 11 is 12.3. The zero-order valence-corrected chi connectivity index (χ0v) is 13.0. The molecule has 4 heteroatoms. The summed E-state index contributed by atoms with van der Waals surface area (Å²) in [5.41, 5.74) is 2.30. The van der Waals surface area contributed by atoms with Crippen LogP contribution in [0.2, 0.25) is 10.0 Å². The second kappa shape index (κ2) is 6.35. The van der Waals surface area contributed by atoms with E-state index < -0.39 is 0 Å². The van der Waals surface area contributed by atoms with E-state index in [0.29, 0.717) is 21.9 Å². The molecule has 1 saturated heterocycles. The van der Waals surface area contributed by atoms with Crippen molar-refractivity contribution in [2.24, 2.45) is 0 Å². The first-order chi connectivity index (χ1) is 10.1. The van der Waals surface area contributed by atoms with E-state index in [1.165, 1.54) is 12.1 Å². The summed E-state index contributed by atoms with van der Waals surface area (Å²) in [6, 6.07) is 12.5. The third kappa shape index (κ3) is 3.39. The Morgan fingerprint density at radius 2 is 1.57 bits per heavy atom. The first kappa shape index (κ1) is 14.8. The van der Waals surface area contributed by atoms with Gasteiger partial charge in [-0.1, -0.05) is 35.3 Å². The van der Waals surface area contributed by atoms with Gasteiger partial charge in [0.1, 0.15) is 5.82 Å². The summed E-state index contributed by atoms with van der Waals surface area (Å²) < 4.78 is 13.1. The fraction of sp³-hybridized carbons (Fsp3) is 0.294. The van der Waals surface area contributed by atoms with E-state index in [0.717, 1.165) is 30.6 Å². The molecule has 1 fully saturated rings. The van der Waals surface area contributed by atoms with Gasteiger partial charge in [-0.3, -0.25) is 0 Å². The van der Waals surface area contributed by atoms with Crippen LogP contribution in [0.1, 0.15) is 29.4 Å². The van der Waals surface area contributed by atoms with Crippen LogP contribution in [-0.4, -0.2) is 13.1 Å². The Hall–Kier alpha value is -1.09. The highest BCUT2D eigenvalue weighted by molar-refractivity contribution is 6.34. The van der Waals surface area contributed by atoms with Gasteiger partial charge in [-0.15, -0.1) is 0 Å². The average Bonchev–Trinajstić information content (AvgIpc) is 2.47. The Kier molecular flexibility index (Phi) is 4.48. The monoisotopic (exact) mass is 323 g/mol. The molecule has 0 radical (unpaired) electrons. The number of rotatable bonds is 2. The number of halogens is 3. The van der Waals surface area contributed by atoms with Gasteiger partial charge in [0.05, 0.1) is 0 Å². The van der Waals surface area contributed by atoms with Crippen molar-refractivity contribution < 1.29 is 4.39 Å². The fourth-order valence-electron chi connectivity index (χ4n) is 3.11. The van der Waals surface area contributed by atoms with Crippen molar-refractivity contribution in [1.29, 1.82) is 0 Å². The highest BCUT2D eigenvalue weighted by Crippen LogP contribution is 2.39. The van der Waals surface area contributed by atoms with Gasteiger partial charge in [0.15, 0.2) is 0 Å². The Balaban J connectivity index is 1.95. The van der Waals surface area contributed by atoms with E-state index in [2.05, 4.69) is 5.32 Å². The van der Waals surface area contributed by atoms with Crippen LogP contribution >= 0.6 is 23.2 Å². The lowest BCUT2D eigenvalue weighted by molar-refractivity contribution is 0.404. The maximum absolute atomic E-state index is 13.1. The van der Waals surface area contributed by atoms with E-state index in [1.807, 2.05) is 24.3 Å². The van der Waals surface area contributed by atoms with Gasteiger partial charge in [0.25, 0.3) is 0 Å². The smallest absolute Gasteiger partial charge is 0.123 e. The molecular formula is C17H16Cl2FN. The van der Waals surface area contributed by atoms with Gasteiger partial charge in [0, 0.05) is 22.5 Å². The quantitative estimate of drug-likeness (QED) is 0.820. The molecule has 0 bridgehead atoms. The largest absolute Gasteiger partial charge is 0.316 e. The fourth-order valence-corrected chi connectivity index (χ4v) is 3.65. The van der Waals surface area contributed by atoms with Crippen molar-refractivity contribution in [3.8, 4) is 0 Å². The van der Waals surface area contributed by atoms with Crippen LogP contribution in [0.25, 0.3) is 0 Å². The van der Waals surface area contributed by atoms with E-state index in [1.54, 1.807) is 6.07 Å². The minimum atomic E-state index is -0.204. The van der Waals surface area contributed by atoms with E-state index >= 15 is 0 Å². The molecule has 2 atom stereocenters.